The van der Waals surface area contributed by atoms with Gasteiger partial charge < -0.3 is 10.1 Å². The van der Waals surface area contributed by atoms with Gasteiger partial charge in [-0.3, -0.25) is 9.78 Å². The van der Waals surface area contributed by atoms with E-state index in [4.69, 9.17) is 4.74 Å². The number of rotatable bonds is 3. The second-order valence-corrected chi connectivity index (χ2v) is 5.11. The van der Waals surface area contributed by atoms with E-state index < -0.39 is 17.8 Å². The van der Waals surface area contributed by atoms with Crippen molar-refractivity contribution in [3.8, 4) is 0 Å². The third-order valence-corrected chi connectivity index (χ3v) is 3.66. The van der Waals surface area contributed by atoms with Crippen molar-refractivity contribution in [2.24, 2.45) is 0 Å². The number of hydrogen-bond donors (Lipinski definition) is 1. The molecule has 0 spiro atoms. The number of ether oxygens (including phenoxy) is 1. The van der Waals surface area contributed by atoms with Gasteiger partial charge in [-0.05, 0) is 37.8 Å². The lowest BCUT2D eigenvalue weighted by atomic mass is 9.93. The first-order valence-corrected chi connectivity index (χ1v) is 6.77. The lowest BCUT2D eigenvalue weighted by molar-refractivity contribution is -0.141. The number of nitrogens with zero attached hydrogens (tertiary/aromatic N) is 1. The van der Waals surface area contributed by atoms with Gasteiger partial charge in [0.05, 0.1) is 11.7 Å². The normalized spacial score (nSPS) is 22.9. The largest absolute Gasteiger partial charge is 0.433 e. The average molecular weight is 302 g/mol. The maximum absolute atomic E-state index is 12.4. The van der Waals surface area contributed by atoms with Crippen LogP contribution >= 0.6 is 0 Å². The Balaban J connectivity index is 1.92. The van der Waals surface area contributed by atoms with Gasteiger partial charge in [0.15, 0.2) is 0 Å². The molecule has 0 aliphatic heterocycles. The van der Waals surface area contributed by atoms with Gasteiger partial charge in [-0.25, -0.2) is 0 Å². The molecular formula is C14H17F3N2O2. The molecule has 0 radical (unpaired) electrons. The Kier molecular flexibility index (Phi) is 4.82. The number of aromatic nitrogens is 1. The molecule has 0 saturated heterocycles. The minimum atomic E-state index is -4.49. The van der Waals surface area contributed by atoms with Crippen molar-refractivity contribution in [2.75, 3.05) is 7.11 Å². The highest BCUT2D eigenvalue weighted by Gasteiger charge is 2.32. The maximum atomic E-state index is 12.4. The van der Waals surface area contributed by atoms with E-state index in [9.17, 15) is 18.0 Å². The Morgan fingerprint density at radius 1 is 1.29 bits per heavy atom. The zero-order chi connectivity index (χ0) is 15.5. The third-order valence-electron chi connectivity index (χ3n) is 3.66. The fourth-order valence-electron chi connectivity index (χ4n) is 2.41. The molecule has 0 atom stereocenters. The molecule has 1 N–H and O–H groups in total. The first-order valence-electron chi connectivity index (χ1n) is 6.77. The molecule has 0 bridgehead atoms. The number of methoxy groups -OCH3 is 1. The maximum Gasteiger partial charge on any atom is 0.433 e. The van der Waals surface area contributed by atoms with Crippen LogP contribution in [0.15, 0.2) is 18.3 Å². The van der Waals surface area contributed by atoms with Crippen LogP contribution in [0.3, 0.4) is 0 Å². The predicted octanol–water partition coefficient (Wildman–Crippen LogP) is 2.79. The summed E-state index contributed by atoms with van der Waals surface area (Å²) in [6, 6.07) is 1.99. The van der Waals surface area contributed by atoms with Gasteiger partial charge in [0.25, 0.3) is 5.91 Å². The number of hydrogen-bond acceptors (Lipinski definition) is 3. The molecule has 21 heavy (non-hydrogen) atoms. The molecule has 7 heteroatoms. The molecule has 1 heterocycles. The summed E-state index contributed by atoms with van der Waals surface area (Å²) < 4.78 is 42.4. The summed E-state index contributed by atoms with van der Waals surface area (Å²) in [4.78, 5) is 15.2. The van der Waals surface area contributed by atoms with Crippen LogP contribution in [0.2, 0.25) is 0 Å². The second-order valence-electron chi connectivity index (χ2n) is 5.11. The molecule has 2 rings (SSSR count). The monoisotopic (exact) mass is 302 g/mol. The number of alkyl halides is 3. The Morgan fingerprint density at radius 3 is 2.43 bits per heavy atom. The van der Waals surface area contributed by atoms with E-state index in [-0.39, 0.29) is 17.7 Å². The molecule has 1 aromatic rings. The van der Waals surface area contributed by atoms with Crippen molar-refractivity contribution in [3.63, 3.8) is 0 Å². The van der Waals surface area contributed by atoms with Crippen molar-refractivity contribution in [1.29, 1.82) is 0 Å². The molecule has 1 aliphatic rings. The molecule has 0 aromatic carbocycles. The van der Waals surface area contributed by atoms with Crippen molar-refractivity contribution in [2.45, 2.75) is 44.0 Å². The lowest BCUT2D eigenvalue weighted by Gasteiger charge is -2.28. The fourth-order valence-corrected chi connectivity index (χ4v) is 2.41. The zero-order valence-electron chi connectivity index (χ0n) is 11.6. The Morgan fingerprint density at radius 2 is 1.95 bits per heavy atom. The topological polar surface area (TPSA) is 51.2 Å². The SMILES string of the molecule is COC1CCC(NC(=O)c2ccc(C(F)(F)F)nc2)CC1. The van der Waals surface area contributed by atoms with Gasteiger partial charge in [-0.15, -0.1) is 0 Å². The van der Waals surface area contributed by atoms with Crippen LogP contribution in [-0.2, 0) is 10.9 Å². The predicted molar refractivity (Wildman–Crippen MR) is 69.8 cm³/mol. The number of carbonyl (C=O) groups is 1. The number of carbonyl (C=O) groups excluding carboxylic acids is 1. The fraction of sp³-hybridized carbons (Fsp3) is 0.571. The van der Waals surface area contributed by atoms with Gasteiger partial charge in [0, 0.05) is 19.3 Å². The van der Waals surface area contributed by atoms with Crippen LogP contribution in [-0.4, -0.2) is 30.1 Å². The summed E-state index contributed by atoms with van der Waals surface area (Å²) in [5.41, 5.74) is -0.864. The highest BCUT2D eigenvalue weighted by Crippen LogP contribution is 2.27. The van der Waals surface area contributed by atoms with Gasteiger partial charge in [0.2, 0.25) is 0 Å². The summed E-state index contributed by atoms with van der Waals surface area (Å²) >= 11 is 0. The van der Waals surface area contributed by atoms with Crippen molar-refractivity contribution < 1.29 is 22.7 Å². The number of pyridine rings is 1. The standard InChI is InChI=1S/C14H17F3N2O2/c1-21-11-5-3-10(4-6-11)19-13(20)9-2-7-12(18-8-9)14(15,16)17/h2,7-8,10-11H,3-6H2,1H3,(H,19,20). The first-order chi connectivity index (χ1) is 9.90. The number of halogens is 3. The summed E-state index contributed by atoms with van der Waals surface area (Å²) in [6.07, 6.45) is 0.0357. The lowest BCUT2D eigenvalue weighted by Crippen LogP contribution is -2.39. The molecule has 1 aromatic heterocycles. The van der Waals surface area contributed by atoms with E-state index in [1.807, 2.05) is 0 Å². The Labute approximate surface area is 120 Å². The first kappa shape index (κ1) is 15.8. The average Bonchev–Trinajstić information content (AvgIpc) is 2.47. The summed E-state index contributed by atoms with van der Waals surface area (Å²) in [5, 5.41) is 2.82. The van der Waals surface area contributed by atoms with E-state index >= 15 is 0 Å². The number of nitrogens with one attached hydrogen (secondary N) is 1. The van der Waals surface area contributed by atoms with Crippen molar-refractivity contribution >= 4 is 5.91 Å². The van der Waals surface area contributed by atoms with Gasteiger partial charge in [-0.1, -0.05) is 0 Å². The quantitative estimate of drug-likeness (QED) is 0.934. The minimum absolute atomic E-state index is 0.0335. The Hall–Kier alpha value is -1.63. The van der Waals surface area contributed by atoms with Crippen LogP contribution in [0.4, 0.5) is 13.2 Å². The molecule has 1 saturated carbocycles. The van der Waals surface area contributed by atoms with Gasteiger partial charge in [0.1, 0.15) is 5.69 Å². The third kappa shape index (κ3) is 4.17. The molecule has 4 nitrogen and oxygen atoms in total. The van der Waals surface area contributed by atoms with Gasteiger partial charge in [-0.2, -0.15) is 13.2 Å². The van der Waals surface area contributed by atoms with E-state index in [0.717, 1.165) is 44.0 Å². The molecule has 1 amide bonds. The molecule has 1 aliphatic carbocycles. The van der Waals surface area contributed by atoms with Crippen LogP contribution < -0.4 is 5.32 Å². The van der Waals surface area contributed by atoms with Crippen LogP contribution in [0, 0.1) is 0 Å². The highest BCUT2D eigenvalue weighted by atomic mass is 19.4. The van der Waals surface area contributed by atoms with Gasteiger partial charge >= 0.3 is 6.18 Å². The van der Waals surface area contributed by atoms with E-state index in [0.29, 0.717) is 0 Å². The summed E-state index contributed by atoms with van der Waals surface area (Å²) in [6.45, 7) is 0. The van der Waals surface area contributed by atoms with E-state index in [1.54, 1.807) is 7.11 Å². The second kappa shape index (κ2) is 6.43. The zero-order valence-corrected chi connectivity index (χ0v) is 11.6. The van der Waals surface area contributed by atoms with Crippen LogP contribution in [0.5, 0.6) is 0 Å². The number of amides is 1. The highest BCUT2D eigenvalue weighted by molar-refractivity contribution is 5.94. The van der Waals surface area contributed by atoms with Crippen molar-refractivity contribution in [3.05, 3.63) is 29.6 Å². The molecule has 1 fully saturated rings. The Bertz CT molecular complexity index is 480. The van der Waals surface area contributed by atoms with Crippen molar-refractivity contribution in [1.82, 2.24) is 10.3 Å². The smallest absolute Gasteiger partial charge is 0.381 e. The molecule has 116 valence electrons. The van der Waals surface area contributed by atoms with E-state index in [1.165, 1.54) is 0 Å². The summed E-state index contributed by atoms with van der Waals surface area (Å²) in [5.74, 6) is -0.392. The molecular weight excluding hydrogens is 285 g/mol. The van der Waals surface area contributed by atoms with Crippen LogP contribution in [0.25, 0.3) is 0 Å². The molecule has 0 unspecified atom stereocenters. The summed E-state index contributed by atoms with van der Waals surface area (Å²) in [7, 11) is 1.66. The van der Waals surface area contributed by atoms with Crippen LogP contribution in [0.1, 0.15) is 41.7 Å². The van der Waals surface area contributed by atoms with E-state index in [2.05, 4.69) is 10.3 Å². The minimum Gasteiger partial charge on any atom is -0.381 e.